The molecule has 0 saturated carbocycles. The smallest absolute Gasteiger partial charge is 0.243 e. The average molecular weight is 396 g/mol. The summed E-state index contributed by atoms with van der Waals surface area (Å²) in [5, 5.41) is 3.16. The van der Waals surface area contributed by atoms with Crippen LogP contribution in [0.25, 0.3) is 0 Å². The van der Waals surface area contributed by atoms with E-state index in [2.05, 4.69) is 5.32 Å². The van der Waals surface area contributed by atoms with Crippen molar-refractivity contribution < 1.29 is 17.9 Å². The zero-order valence-electron chi connectivity index (χ0n) is 16.1. The third-order valence-electron chi connectivity index (χ3n) is 5.23. The molecule has 1 atom stereocenters. The number of hydrogen-bond donors (Lipinski definition) is 1. The maximum atomic E-state index is 13.0. The van der Waals surface area contributed by atoms with Gasteiger partial charge in [0, 0.05) is 39.3 Å². The minimum atomic E-state index is -3.53. The molecule has 2 saturated heterocycles. The lowest BCUT2D eigenvalue weighted by Gasteiger charge is -2.34. The second kappa shape index (κ2) is 8.68. The molecule has 2 aliphatic rings. The number of hydrogen-bond acceptors (Lipinski definition) is 5. The summed E-state index contributed by atoms with van der Waals surface area (Å²) in [5.74, 6) is 0.0109. The third kappa shape index (κ3) is 4.87. The number of aryl methyl sites for hydroxylation is 2. The van der Waals surface area contributed by atoms with Gasteiger partial charge in [0.05, 0.1) is 17.5 Å². The van der Waals surface area contributed by atoms with Crippen LogP contribution >= 0.6 is 0 Å². The Hall–Kier alpha value is -1.48. The molecule has 1 N–H and O–H groups in total. The summed E-state index contributed by atoms with van der Waals surface area (Å²) >= 11 is 0. The first kappa shape index (κ1) is 20.3. The lowest BCUT2D eigenvalue weighted by atomic mass is 10.2. The predicted octanol–water partition coefficient (Wildman–Crippen LogP) is 0.905. The van der Waals surface area contributed by atoms with E-state index in [1.165, 1.54) is 4.31 Å². The molecule has 0 aliphatic carbocycles. The van der Waals surface area contributed by atoms with E-state index in [0.29, 0.717) is 37.6 Å². The van der Waals surface area contributed by atoms with Crippen molar-refractivity contribution in [1.82, 2.24) is 14.5 Å². The van der Waals surface area contributed by atoms with Gasteiger partial charge in [-0.2, -0.15) is 4.31 Å². The molecule has 0 radical (unpaired) electrons. The van der Waals surface area contributed by atoms with E-state index in [-0.39, 0.29) is 18.6 Å². The highest BCUT2D eigenvalue weighted by molar-refractivity contribution is 7.89. The van der Waals surface area contributed by atoms with Gasteiger partial charge >= 0.3 is 0 Å². The first-order valence-corrected chi connectivity index (χ1v) is 11.0. The summed E-state index contributed by atoms with van der Waals surface area (Å²) in [7, 11) is -3.53. The van der Waals surface area contributed by atoms with Gasteiger partial charge < -0.3 is 15.0 Å². The van der Waals surface area contributed by atoms with Crippen molar-refractivity contribution in [3.63, 3.8) is 0 Å². The van der Waals surface area contributed by atoms with Crippen molar-refractivity contribution in [2.24, 2.45) is 0 Å². The highest BCUT2D eigenvalue weighted by Crippen LogP contribution is 2.22. The molecule has 1 aromatic carbocycles. The molecule has 3 rings (SSSR count). The number of piperazine rings is 1. The number of ether oxygens (including phenoxy) is 1. The van der Waals surface area contributed by atoms with E-state index in [4.69, 9.17) is 4.74 Å². The van der Waals surface area contributed by atoms with Gasteiger partial charge in [-0.25, -0.2) is 8.42 Å². The minimum Gasteiger partial charge on any atom is -0.377 e. The van der Waals surface area contributed by atoms with Crippen LogP contribution in [0, 0.1) is 13.8 Å². The van der Waals surface area contributed by atoms with E-state index in [1.807, 2.05) is 26.0 Å². The first-order chi connectivity index (χ1) is 12.9. The highest BCUT2D eigenvalue weighted by atomic mass is 32.2. The fourth-order valence-corrected chi connectivity index (χ4v) is 5.29. The number of nitrogens with zero attached hydrogens (tertiary/aromatic N) is 2. The van der Waals surface area contributed by atoms with Crippen molar-refractivity contribution in [2.75, 3.05) is 45.9 Å². The molecular weight excluding hydrogens is 366 g/mol. The fourth-order valence-electron chi connectivity index (χ4n) is 3.56. The number of rotatable bonds is 6. The van der Waals surface area contributed by atoms with Gasteiger partial charge in [-0.15, -0.1) is 0 Å². The summed E-state index contributed by atoms with van der Waals surface area (Å²) < 4.78 is 32.9. The van der Waals surface area contributed by atoms with E-state index < -0.39 is 10.0 Å². The molecule has 0 aromatic heterocycles. The Morgan fingerprint density at radius 2 is 1.96 bits per heavy atom. The van der Waals surface area contributed by atoms with Gasteiger partial charge in [-0.3, -0.25) is 4.79 Å². The van der Waals surface area contributed by atoms with Gasteiger partial charge in [0.1, 0.15) is 0 Å². The average Bonchev–Trinajstić information content (AvgIpc) is 3.17. The highest BCUT2D eigenvalue weighted by Gasteiger charge is 2.31. The van der Waals surface area contributed by atoms with Crippen molar-refractivity contribution in [3.8, 4) is 0 Å². The SMILES string of the molecule is Cc1ccc(C)c(S(=O)(=O)N2CCN(C(=O)CNCC3CCCO3)CC2)c1. The molecule has 1 aromatic rings. The van der Waals surface area contributed by atoms with Gasteiger partial charge in [0.15, 0.2) is 0 Å². The molecule has 27 heavy (non-hydrogen) atoms. The van der Waals surface area contributed by atoms with Crippen LogP contribution in [0.5, 0.6) is 0 Å². The standard InChI is InChI=1S/C19H29N3O4S/c1-15-5-6-16(2)18(12-15)27(24,25)22-9-7-21(8-10-22)19(23)14-20-13-17-4-3-11-26-17/h5-6,12,17,20H,3-4,7-11,13-14H2,1-2H3. The largest absolute Gasteiger partial charge is 0.377 e. The van der Waals surface area contributed by atoms with Crippen LogP contribution in [-0.4, -0.2) is 75.5 Å². The Labute approximate surface area is 161 Å². The van der Waals surface area contributed by atoms with E-state index in [9.17, 15) is 13.2 Å². The molecule has 150 valence electrons. The van der Waals surface area contributed by atoms with Crippen LogP contribution in [0.4, 0.5) is 0 Å². The maximum Gasteiger partial charge on any atom is 0.243 e. The molecule has 0 spiro atoms. The molecule has 8 heteroatoms. The Morgan fingerprint density at radius 3 is 2.63 bits per heavy atom. The molecule has 7 nitrogen and oxygen atoms in total. The number of benzene rings is 1. The summed E-state index contributed by atoms with van der Waals surface area (Å²) in [6.45, 7) is 6.95. The summed E-state index contributed by atoms with van der Waals surface area (Å²) in [5.41, 5.74) is 1.67. The predicted molar refractivity (Wildman–Crippen MR) is 103 cm³/mol. The van der Waals surface area contributed by atoms with Crippen molar-refractivity contribution in [3.05, 3.63) is 29.3 Å². The number of sulfonamides is 1. The Kier molecular flexibility index (Phi) is 6.52. The first-order valence-electron chi connectivity index (χ1n) is 9.55. The van der Waals surface area contributed by atoms with Crippen LogP contribution < -0.4 is 5.32 Å². The summed E-state index contributed by atoms with van der Waals surface area (Å²) in [4.78, 5) is 14.4. The van der Waals surface area contributed by atoms with Crippen LogP contribution in [0.1, 0.15) is 24.0 Å². The van der Waals surface area contributed by atoms with Crippen molar-refractivity contribution in [2.45, 2.75) is 37.7 Å². The van der Waals surface area contributed by atoms with Crippen LogP contribution in [-0.2, 0) is 19.6 Å². The van der Waals surface area contributed by atoms with Crippen LogP contribution in [0.3, 0.4) is 0 Å². The quantitative estimate of drug-likeness (QED) is 0.774. The zero-order chi connectivity index (χ0) is 19.4. The summed E-state index contributed by atoms with van der Waals surface area (Å²) in [6, 6.07) is 5.47. The van der Waals surface area contributed by atoms with Gasteiger partial charge in [-0.1, -0.05) is 12.1 Å². The number of amides is 1. The van der Waals surface area contributed by atoms with Crippen LogP contribution in [0.15, 0.2) is 23.1 Å². The number of carbonyl (C=O) groups excluding carboxylic acids is 1. The number of carbonyl (C=O) groups is 1. The summed E-state index contributed by atoms with van der Waals surface area (Å²) in [6.07, 6.45) is 2.32. The molecule has 1 amide bonds. The molecule has 2 aliphatic heterocycles. The van der Waals surface area contributed by atoms with Crippen LogP contribution in [0.2, 0.25) is 0 Å². The van der Waals surface area contributed by atoms with Gasteiger partial charge in [0.25, 0.3) is 0 Å². The molecular formula is C19H29N3O4S. The van der Waals surface area contributed by atoms with E-state index in [1.54, 1.807) is 11.0 Å². The third-order valence-corrected chi connectivity index (χ3v) is 7.27. The topological polar surface area (TPSA) is 79.0 Å². The van der Waals surface area contributed by atoms with Crippen molar-refractivity contribution in [1.29, 1.82) is 0 Å². The lowest BCUT2D eigenvalue weighted by molar-refractivity contribution is -0.131. The Morgan fingerprint density at radius 1 is 1.22 bits per heavy atom. The van der Waals surface area contributed by atoms with E-state index in [0.717, 1.165) is 30.6 Å². The second-order valence-corrected chi connectivity index (χ2v) is 9.23. The monoisotopic (exact) mass is 395 g/mol. The maximum absolute atomic E-state index is 13.0. The van der Waals surface area contributed by atoms with Gasteiger partial charge in [0.2, 0.25) is 15.9 Å². The molecule has 2 fully saturated rings. The fraction of sp³-hybridized carbons (Fsp3) is 0.632. The zero-order valence-corrected chi connectivity index (χ0v) is 16.9. The molecule has 1 unspecified atom stereocenters. The van der Waals surface area contributed by atoms with Gasteiger partial charge in [-0.05, 0) is 43.9 Å². The number of nitrogens with one attached hydrogen (secondary N) is 1. The second-order valence-electron chi connectivity index (χ2n) is 7.32. The van der Waals surface area contributed by atoms with E-state index >= 15 is 0 Å². The van der Waals surface area contributed by atoms with Crippen molar-refractivity contribution >= 4 is 15.9 Å². The normalized spacial score (nSPS) is 21.6. The Balaban J connectivity index is 1.51. The Bertz CT molecular complexity index is 767. The molecule has 0 bridgehead atoms. The lowest BCUT2D eigenvalue weighted by Crippen LogP contribution is -2.52. The minimum absolute atomic E-state index is 0.0109. The molecule has 2 heterocycles.